The number of hydrogen-bond acceptors (Lipinski definition) is 3. The molecule has 1 atom stereocenters. The molecule has 0 aliphatic carbocycles. The standard InChI is InChI=1S/C11H13BrClNO3/c1-11(17,6-15)5-14-10(16)7-2-3-9(13)8(12)4-7/h2-4,15,17H,5-6H2,1H3,(H,14,16). The van der Waals surface area contributed by atoms with Crippen molar-refractivity contribution in [3.05, 3.63) is 33.3 Å². The van der Waals surface area contributed by atoms with Crippen molar-refractivity contribution in [2.24, 2.45) is 0 Å². The molecule has 4 nitrogen and oxygen atoms in total. The predicted molar refractivity (Wildman–Crippen MR) is 69.2 cm³/mol. The van der Waals surface area contributed by atoms with E-state index in [1.807, 2.05) is 0 Å². The number of benzene rings is 1. The Balaban J connectivity index is 2.68. The molecule has 0 heterocycles. The second kappa shape index (κ2) is 5.82. The van der Waals surface area contributed by atoms with Crippen molar-refractivity contribution in [1.82, 2.24) is 5.32 Å². The first-order valence-corrected chi connectivity index (χ1v) is 6.09. The second-order valence-electron chi connectivity index (χ2n) is 3.97. The van der Waals surface area contributed by atoms with E-state index in [1.54, 1.807) is 18.2 Å². The third-order valence-corrected chi connectivity index (χ3v) is 3.37. The topological polar surface area (TPSA) is 69.6 Å². The number of rotatable bonds is 4. The van der Waals surface area contributed by atoms with Gasteiger partial charge in [-0.3, -0.25) is 4.79 Å². The molecular formula is C11H13BrClNO3. The Labute approximate surface area is 113 Å². The summed E-state index contributed by atoms with van der Waals surface area (Å²) in [6.45, 7) is 0.991. The van der Waals surface area contributed by atoms with Gasteiger partial charge >= 0.3 is 0 Å². The molecule has 0 radical (unpaired) electrons. The summed E-state index contributed by atoms with van der Waals surface area (Å²) in [6.07, 6.45) is 0. The minimum atomic E-state index is -1.32. The number of amides is 1. The highest BCUT2D eigenvalue weighted by atomic mass is 79.9. The summed E-state index contributed by atoms with van der Waals surface area (Å²) in [7, 11) is 0. The van der Waals surface area contributed by atoms with Crippen molar-refractivity contribution < 1.29 is 15.0 Å². The lowest BCUT2D eigenvalue weighted by Crippen LogP contribution is -2.43. The largest absolute Gasteiger partial charge is 0.393 e. The van der Waals surface area contributed by atoms with Gasteiger partial charge in [0.2, 0.25) is 0 Å². The van der Waals surface area contributed by atoms with Crippen LogP contribution in [0.4, 0.5) is 0 Å². The quantitative estimate of drug-likeness (QED) is 0.788. The molecule has 0 aromatic heterocycles. The Morgan fingerprint density at radius 3 is 2.76 bits per heavy atom. The van der Waals surface area contributed by atoms with Gasteiger partial charge in [0.05, 0.1) is 11.6 Å². The van der Waals surface area contributed by atoms with Crippen molar-refractivity contribution in [2.75, 3.05) is 13.2 Å². The van der Waals surface area contributed by atoms with E-state index >= 15 is 0 Å². The fourth-order valence-electron chi connectivity index (χ4n) is 1.07. The van der Waals surface area contributed by atoms with Gasteiger partial charge in [0, 0.05) is 16.6 Å². The van der Waals surface area contributed by atoms with Crippen molar-refractivity contribution in [3.8, 4) is 0 Å². The minimum absolute atomic E-state index is 0.0252. The third-order valence-electron chi connectivity index (χ3n) is 2.15. The van der Waals surface area contributed by atoms with Crippen molar-refractivity contribution in [2.45, 2.75) is 12.5 Å². The van der Waals surface area contributed by atoms with Gasteiger partial charge in [-0.15, -0.1) is 0 Å². The predicted octanol–water partition coefficient (Wildman–Crippen LogP) is 1.58. The number of hydrogen-bond donors (Lipinski definition) is 3. The van der Waals surface area contributed by atoms with Crippen LogP contribution in [0.1, 0.15) is 17.3 Å². The molecule has 0 saturated carbocycles. The van der Waals surface area contributed by atoms with Crippen LogP contribution in [-0.2, 0) is 0 Å². The smallest absolute Gasteiger partial charge is 0.251 e. The van der Waals surface area contributed by atoms with Crippen LogP contribution < -0.4 is 5.32 Å². The molecule has 0 bridgehead atoms. The summed E-state index contributed by atoms with van der Waals surface area (Å²) in [4.78, 5) is 11.7. The van der Waals surface area contributed by atoms with E-state index in [1.165, 1.54) is 6.92 Å². The number of carbonyl (C=O) groups is 1. The first-order valence-electron chi connectivity index (χ1n) is 4.92. The summed E-state index contributed by atoms with van der Waals surface area (Å²) in [6, 6.07) is 4.77. The second-order valence-corrected chi connectivity index (χ2v) is 5.23. The van der Waals surface area contributed by atoms with Gasteiger partial charge in [-0.25, -0.2) is 0 Å². The maximum atomic E-state index is 11.7. The molecule has 0 aliphatic rings. The average Bonchev–Trinajstić information content (AvgIpc) is 2.30. The summed E-state index contributed by atoms with van der Waals surface area (Å²) in [5.41, 5.74) is -0.894. The lowest BCUT2D eigenvalue weighted by Gasteiger charge is -2.20. The summed E-state index contributed by atoms with van der Waals surface area (Å²) in [5, 5.41) is 21.4. The van der Waals surface area contributed by atoms with E-state index in [2.05, 4.69) is 21.2 Å². The molecule has 0 aliphatic heterocycles. The van der Waals surface area contributed by atoms with Crippen LogP contribution in [0.3, 0.4) is 0 Å². The monoisotopic (exact) mass is 321 g/mol. The maximum absolute atomic E-state index is 11.7. The van der Waals surface area contributed by atoms with Crippen LogP contribution in [0.15, 0.2) is 22.7 Å². The lowest BCUT2D eigenvalue weighted by molar-refractivity contribution is 0.00320. The van der Waals surface area contributed by atoms with E-state index in [4.69, 9.17) is 16.7 Å². The zero-order chi connectivity index (χ0) is 13.1. The highest BCUT2D eigenvalue weighted by Crippen LogP contribution is 2.23. The van der Waals surface area contributed by atoms with Crippen molar-refractivity contribution in [1.29, 1.82) is 0 Å². The van der Waals surface area contributed by atoms with Gasteiger partial charge in [0.25, 0.3) is 5.91 Å². The number of nitrogens with one attached hydrogen (secondary N) is 1. The van der Waals surface area contributed by atoms with Gasteiger partial charge in [-0.1, -0.05) is 11.6 Å². The molecule has 6 heteroatoms. The maximum Gasteiger partial charge on any atom is 0.251 e. The Kier molecular flexibility index (Phi) is 4.94. The van der Waals surface area contributed by atoms with Crippen molar-refractivity contribution in [3.63, 3.8) is 0 Å². The SMILES string of the molecule is CC(O)(CO)CNC(=O)c1ccc(Cl)c(Br)c1. The Hall–Kier alpha value is -0.620. The van der Waals surface area contributed by atoms with Crippen LogP contribution in [0.5, 0.6) is 0 Å². The molecule has 3 N–H and O–H groups in total. The number of aliphatic hydroxyl groups excluding tert-OH is 1. The van der Waals surface area contributed by atoms with Gasteiger partial charge < -0.3 is 15.5 Å². The molecule has 0 spiro atoms. The first-order chi connectivity index (χ1) is 7.85. The van der Waals surface area contributed by atoms with Crippen LogP contribution in [0, 0.1) is 0 Å². The molecule has 1 aromatic rings. The van der Waals surface area contributed by atoms with Crippen LogP contribution >= 0.6 is 27.5 Å². The van der Waals surface area contributed by atoms with E-state index < -0.39 is 12.2 Å². The molecule has 1 unspecified atom stereocenters. The first kappa shape index (κ1) is 14.4. The van der Waals surface area contributed by atoms with Crippen LogP contribution in [0.25, 0.3) is 0 Å². The Bertz CT molecular complexity index is 423. The van der Waals surface area contributed by atoms with E-state index in [-0.39, 0.29) is 12.5 Å². The molecule has 1 aromatic carbocycles. The molecule has 1 rings (SSSR count). The fourth-order valence-corrected chi connectivity index (χ4v) is 1.56. The minimum Gasteiger partial charge on any atom is -0.393 e. The van der Waals surface area contributed by atoms with E-state index in [0.29, 0.717) is 15.1 Å². The van der Waals surface area contributed by atoms with Gasteiger partial charge in [0.15, 0.2) is 0 Å². The number of carbonyl (C=O) groups excluding carboxylic acids is 1. The Morgan fingerprint density at radius 2 is 2.24 bits per heavy atom. The molecule has 1 amide bonds. The number of halogens is 2. The van der Waals surface area contributed by atoms with Crippen molar-refractivity contribution >= 4 is 33.4 Å². The Morgan fingerprint density at radius 1 is 1.59 bits per heavy atom. The van der Waals surface area contributed by atoms with Gasteiger partial charge in [0.1, 0.15) is 5.60 Å². The van der Waals surface area contributed by atoms with E-state index in [0.717, 1.165) is 0 Å². The molecule has 94 valence electrons. The summed E-state index contributed by atoms with van der Waals surface area (Å²) >= 11 is 9.02. The average molecular weight is 323 g/mol. The van der Waals surface area contributed by atoms with E-state index in [9.17, 15) is 9.90 Å². The number of aliphatic hydroxyl groups is 2. The zero-order valence-electron chi connectivity index (χ0n) is 9.20. The van der Waals surface area contributed by atoms with Gasteiger partial charge in [-0.05, 0) is 41.1 Å². The lowest BCUT2D eigenvalue weighted by atomic mass is 10.1. The fraction of sp³-hybridized carbons (Fsp3) is 0.364. The van der Waals surface area contributed by atoms with Gasteiger partial charge in [-0.2, -0.15) is 0 Å². The molecule has 0 saturated heterocycles. The highest BCUT2D eigenvalue weighted by molar-refractivity contribution is 9.10. The molecule has 17 heavy (non-hydrogen) atoms. The van der Waals surface area contributed by atoms with Crippen LogP contribution in [0.2, 0.25) is 5.02 Å². The zero-order valence-corrected chi connectivity index (χ0v) is 11.5. The normalized spacial score (nSPS) is 14.2. The molecular weight excluding hydrogens is 309 g/mol. The third kappa shape index (κ3) is 4.27. The summed E-state index contributed by atoms with van der Waals surface area (Å²) in [5.74, 6) is -0.337. The summed E-state index contributed by atoms with van der Waals surface area (Å²) < 4.78 is 0.626. The van der Waals surface area contributed by atoms with Crippen LogP contribution in [-0.4, -0.2) is 34.9 Å². The highest BCUT2D eigenvalue weighted by Gasteiger charge is 2.20. The molecule has 0 fully saturated rings.